The average molecular weight is 277 g/mol. The van der Waals surface area contributed by atoms with E-state index in [9.17, 15) is 0 Å². The largest absolute Gasteiger partial charge is 0.478 e. The van der Waals surface area contributed by atoms with Gasteiger partial charge in [-0.05, 0) is 38.0 Å². The Labute approximate surface area is 122 Å². The molecule has 1 aliphatic carbocycles. The summed E-state index contributed by atoms with van der Waals surface area (Å²) in [6.45, 7) is 5.08. The van der Waals surface area contributed by atoms with Crippen molar-refractivity contribution in [1.82, 2.24) is 9.97 Å². The summed E-state index contributed by atoms with van der Waals surface area (Å²) in [4.78, 5) is 8.71. The number of hydrogen-bond donors (Lipinski definition) is 1. The number of hydrogen-bond acceptors (Lipinski definition) is 4. The van der Waals surface area contributed by atoms with Crippen molar-refractivity contribution in [3.05, 3.63) is 12.3 Å². The van der Waals surface area contributed by atoms with Gasteiger partial charge in [-0.3, -0.25) is 0 Å². The minimum Gasteiger partial charge on any atom is -0.478 e. The quantitative estimate of drug-likeness (QED) is 0.817. The lowest BCUT2D eigenvalue weighted by Crippen LogP contribution is -2.27. The lowest BCUT2D eigenvalue weighted by molar-refractivity contribution is 0.303. The summed E-state index contributed by atoms with van der Waals surface area (Å²) in [7, 11) is 0. The average Bonchev–Trinajstić information content (AvgIpc) is 2.48. The Morgan fingerprint density at radius 1 is 1.20 bits per heavy atom. The van der Waals surface area contributed by atoms with Gasteiger partial charge in [-0.1, -0.05) is 26.7 Å². The molecule has 20 heavy (non-hydrogen) atoms. The third-order valence-electron chi connectivity index (χ3n) is 3.96. The molecule has 0 saturated heterocycles. The van der Waals surface area contributed by atoms with Gasteiger partial charge in [0.25, 0.3) is 0 Å². The first-order chi connectivity index (χ1) is 9.81. The first-order valence-electron chi connectivity index (χ1n) is 8.04. The number of ether oxygens (including phenoxy) is 1. The molecule has 1 aromatic rings. The fourth-order valence-electron chi connectivity index (χ4n) is 2.88. The third-order valence-corrected chi connectivity index (χ3v) is 3.96. The van der Waals surface area contributed by atoms with Crippen LogP contribution in [-0.2, 0) is 0 Å². The summed E-state index contributed by atoms with van der Waals surface area (Å²) >= 11 is 0. The second-order valence-electron chi connectivity index (χ2n) is 5.72. The van der Waals surface area contributed by atoms with Crippen molar-refractivity contribution in [2.75, 3.05) is 11.9 Å². The van der Waals surface area contributed by atoms with Gasteiger partial charge in [0.2, 0.25) is 11.8 Å². The van der Waals surface area contributed by atoms with Crippen LogP contribution >= 0.6 is 0 Å². The maximum Gasteiger partial charge on any atom is 0.226 e. The van der Waals surface area contributed by atoms with Crippen LogP contribution in [0.3, 0.4) is 0 Å². The van der Waals surface area contributed by atoms with Crippen LogP contribution in [-0.4, -0.2) is 22.6 Å². The van der Waals surface area contributed by atoms with E-state index >= 15 is 0 Å². The van der Waals surface area contributed by atoms with Crippen LogP contribution in [0.2, 0.25) is 0 Å². The molecule has 1 aliphatic rings. The molecule has 4 heteroatoms. The Balaban J connectivity index is 1.81. The Hall–Kier alpha value is -1.32. The van der Waals surface area contributed by atoms with E-state index in [1.807, 2.05) is 6.07 Å². The first-order valence-corrected chi connectivity index (χ1v) is 8.04. The molecule has 1 fully saturated rings. The highest BCUT2D eigenvalue weighted by molar-refractivity contribution is 5.29. The second kappa shape index (κ2) is 8.08. The lowest BCUT2D eigenvalue weighted by Gasteiger charge is -2.28. The Morgan fingerprint density at radius 3 is 2.70 bits per heavy atom. The summed E-state index contributed by atoms with van der Waals surface area (Å²) in [5.74, 6) is 2.31. The van der Waals surface area contributed by atoms with E-state index in [2.05, 4.69) is 29.1 Å². The highest BCUT2D eigenvalue weighted by atomic mass is 16.5. The molecule has 0 aliphatic heterocycles. The smallest absolute Gasteiger partial charge is 0.226 e. The highest BCUT2D eigenvalue weighted by Gasteiger charge is 2.20. The minimum absolute atomic E-state index is 0.518. The maximum absolute atomic E-state index is 5.54. The molecule has 4 nitrogen and oxygen atoms in total. The molecule has 0 unspecified atom stereocenters. The van der Waals surface area contributed by atoms with Crippen molar-refractivity contribution in [3.8, 4) is 5.88 Å². The standard InChI is InChI=1S/C16H27N3O/c1-3-5-13-6-8-14(9-7-13)18-16-17-11-10-15(19-16)20-12-4-2/h10-11,13-14H,3-9,12H2,1-2H3,(H,17,18,19). The van der Waals surface area contributed by atoms with E-state index in [1.165, 1.54) is 38.5 Å². The van der Waals surface area contributed by atoms with E-state index in [1.54, 1.807) is 6.20 Å². The van der Waals surface area contributed by atoms with Gasteiger partial charge in [-0.25, -0.2) is 4.98 Å². The molecule has 1 N–H and O–H groups in total. The number of aromatic nitrogens is 2. The number of rotatable bonds is 7. The van der Waals surface area contributed by atoms with Gasteiger partial charge in [-0.15, -0.1) is 0 Å². The Kier molecular flexibility index (Phi) is 6.09. The zero-order chi connectivity index (χ0) is 14.2. The molecule has 0 aromatic carbocycles. The van der Waals surface area contributed by atoms with Gasteiger partial charge in [0.05, 0.1) is 6.61 Å². The van der Waals surface area contributed by atoms with Gasteiger partial charge >= 0.3 is 0 Å². The van der Waals surface area contributed by atoms with Crippen LogP contribution in [0.25, 0.3) is 0 Å². The maximum atomic E-state index is 5.54. The fraction of sp³-hybridized carbons (Fsp3) is 0.750. The Morgan fingerprint density at radius 2 is 2.00 bits per heavy atom. The zero-order valence-corrected chi connectivity index (χ0v) is 12.8. The van der Waals surface area contributed by atoms with E-state index in [4.69, 9.17) is 4.74 Å². The van der Waals surface area contributed by atoms with E-state index in [-0.39, 0.29) is 0 Å². The molecule has 1 saturated carbocycles. The molecule has 0 bridgehead atoms. The van der Waals surface area contributed by atoms with Gasteiger partial charge in [-0.2, -0.15) is 4.98 Å². The van der Waals surface area contributed by atoms with Crippen LogP contribution in [0, 0.1) is 5.92 Å². The van der Waals surface area contributed by atoms with Crippen molar-refractivity contribution < 1.29 is 4.74 Å². The predicted molar refractivity (Wildman–Crippen MR) is 82.1 cm³/mol. The Bertz CT molecular complexity index is 389. The van der Waals surface area contributed by atoms with Crippen LogP contribution in [0.1, 0.15) is 58.8 Å². The van der Waals surface area contributed by atoms with Crippen molar-refractivity contribution in [1.29, 1.82) is 0 Å². The number of nitrogens with zero attached hydrogens (tertiary/aromatic N) is 2. The normalized spacial score (nSPS) is 22.5. The molecular weight excluding hydrogens is 250 g/mol. The first kappa shape index (κ1) is 15.1. The summed E-state index contributed by atoms with van der Waals surface area (Å²) in [6, 6.07) is 2.34. The van der Waals surface area contributed by atoms with Crippen LogP contribution in [0.15, 0.2) is 12.3 Å². The summed E-state index contributed by atoms with van der Waals surface area (Å²) < 4.78 is 5.54. The second-order valence-corrected chi connectivity index (χ2v) is 5.72. The van der Waals surface area contributed by atoms with Gasteiger partial charge < -0.3 is 10.1 Å². The fourth-order valence-corrected chi connectivity index (χ4v) is 2.88. The molecule has 1 aromatic heterocycles. The third kappa shape index (κ3) is 4.66. The molecule has 0 radical (unpaired) electrons. The molecule has 0 amide bonds. The van der Waals surface area contributed by atoms with Gasteiger partial charge in [0.15, 0.2) is 0 Å². The van der Waals surface area contributed by atoms with Crippen molar-refractivity contribution in [3.63, 3.8) is 0 Å². The molecule has 0 spiro atoms. The summed E-state index contributed by atoms with van der Waals surface area (Å²) in [5, 5.41) is 3.46. The molecule has 2 rings (SSSR count). The molecular formula is C16H27N3O. The molecule has 1 heterocycles. The topological polar surface area (TPSA) is 47.0 Å². The van der Waals surface area contributed by atoms with E-state index in [0.717, 1.165) is 12.3 Å². The van der Waals surface area contributed by atoms with Gasteiger partial charge in [0, 0.05) is 18.3 Å². The van der Waals surface area contributed by atoms with Gasteiger partial charge in [0.1, 0.15) is 0 Å². The molecule has 0 atom stereocenters. The van der Waals surface area contributed by atoms with Crippen molar-refractivity contribution in [2.24, 2.45) is 5.92 Å². The summed E-state index contributed by atoms with van der Waals surface area (Å²) in [6.07, 6.45) is 10.6. The van der Waals surface area contributed by atoms with Crippen molar-refractivity contribution >= 4 is 5.95 Å². The van der Waals surface area contributed by atoms with Crippen LogP contribution in [0.4, 0.5) is 5.95 Å². The van der Waals surface area contributed by atoms with Crippen LogP contribution < -0.4 is 10.1 Å². The van der Waals surface area contributed by atoms with Crippen LogP contribution in [0.5, 0.6) is 5.88 Å². The van der Waals surface area contributed by atoms with E-state index < -0.39 is 0 Å². The monoisotopic (exact) mass is 277 g/mol. The number of nitrogens with one attached hydrogen (secondary N) is 1. The van der Waals surface area contributed by atoms with E-state index in [0.29, 0.717) is 24.5 Å². The predicted octanol–water partition coefficient (Wildman–Crippen LogP) is 4.04. The molecule has 112 valence electrons. The number of anilines is 1. The summed E-state index contributed by atoms with van der Waals surface area (Å²) in [5.41, 5.74) is 0. The van der Waals surface area contributed by atoms with Crippen molar-refractivity contribution in [2.45, 2.75) is 64.8 Å². The zero-order valence-electron chi connectivity index (χ0n) is 12.8. The highest BCUT2D eigenvalue weighted by Crippen LogP contribution is 2.29. The lowest BCUT2D eigenvalue weighted by atomic mass is 9.83. The SMILES string of the molecule is CCCOc1ccnc(NC2CCC(CCC)CC2)n1. The minimum atomic E-state index is 0.518.